The molecule has 0 bridgehead atoms. The summed E-state index contributed by atoms with van der Waals surface area (Å²) in [4.78, 5) is 22.4. The molecule has 4 heteroatoms. The molecule has 0 atom stereocenters. The molecular weight excluding hydrogens is 266 g/mol. The van der Waals surface area contributed by atoms with Gasteiger partial charge >= 0.3 is 0 Å². The third-order valence-electron chi connectivity index (χ3n) is 3.17. The molecule has 0 saturated carbocycles. The number of ether oxygens (including phenoxy) is 1. The number of carbonyl (C=O) groups excluding carboxylic acids is 2. The minimum Gasteiger partial charge on any atom is -0.377 e. The van der Waals surface area contributed by atoms with Crippen LogP contribution in [-0.4, -0.2) is 18.3 Å². The van der Waals surface area contributed by atoms with Crippen LogP contribution in [-0.2, 0) is 27.5 Å². The molecule has 0 heterocycles. The molecule has 0 saturated heterocycles. The van der Waals surface area contributed by atoms with Gasteiger partial charge in [0.05, 0.1) is 6.61 Å². The number of Topliss-reactive ketones (excluding diaryl/α,β-unsaturated/α-hetero) is 1. The van der Waals surface area contributed by atoms with Crippen LogP contribution in [0.5, 0.6) is 0 Å². The molecule has 0 aliphatic heterocycles. The van der Waals surface area contributed by atoms with Gasteiger partial charge in [0.15, 0.2) is 0 Å². The molecule has 4 nitrogen and oxygen atoms in total. The average molecular weight is 291 g/mol. The maximum Gasteiger partial charge on any atom is 0.220 e. The zero-order valence-corrected chi connectivity index (χ0v) is 13.0. The van der Waals surface area contributed by atoms with E-state index in [0.717, 1.165) is 24.0 Å². The highest BCUT2D eigenvalue weighted by Gasteiger charge is 2.02. The molecule has 1 amide bonds. The molecule has 1 aromatic carbocycles. The molecule has 0 spiro atoms. The minimum absolute atomic E-state index is 0.0388. The van der Waals surface area contributed by atoms with Gasteiger partial charge in [-0.2, -0.15) is 0 Å². The lowest BCUT2D eigenvalue weighted by molar-refractivity contribution is -0.122. The zero-order valence-electron chi connectivity index (χ0n) is 13.0. The first kappa shape index (κ1) is 17.4. The standard InChI is InChI=1S/C17H25NO3/c1-3-21-13-16-10-8-15(9-11-16)12-18-17(20)7-5-4-6-14(2)19/h8-11H,3-7,12-13H2,1-2H3,(H,18,20). The van der Waals surface area contributed by atoms with Gasteiger partial charge in [0.2, 0.25) is 5.91 Å². The number of amides is 1. The van der Waals surface area contributed by atoms with E-state index in [4.69, 9.17) is 4.74 Å². The van der Waals surface area contributed by atoms with Gasteiger partial charge in [-0.25, -0.2) is 0 Å². The molecule has 0 fully saturated rings. The molecule has 1 aromatic rings. The van der Waals surface area contributed by atoms with E-state index in [1.54, 1.807) is 6.92 Å². The van der Waals surface area contributed by atoms with Gasteiger partial charge in [-0.3, -0.25) is 4.79 Å². The first-order valence-corrected chi connectivity index (χ1v) is 7.53. The third-order valence-corrected chi connectivity index (χ3v) is 3.17. The smallest absolute Gasteiger partial charge is 0.220 e. The van der Waals surface area contributed by atoms with E-state index >= 15 is 0 Å². The maximum absolute atomic E-state index is 11.7. The van der Waals surface area contributed by atoms with E-state index in [2.05, 4.69) is 5.32 Å². The van der Waals surface area contributed by atoms with Crippen LogP contribution in [0.4, 0.5) is 0 Å². The van der Waals surface area contributed by atoms with Gasteiger partial charge in [-0.1, -0.05) is 24.3 Å². The van der Waals surface area contributed by atoms with Crippen molar-refractivity contribution >= 4 is 11.7 Å². The number of hydrogen-bond donors (Lipinski definition) is 1. The Balaban J connectivity index is 2.21. The highest BCUT2D eigenvalue weighted by molar-refractivity contribution is 5.76. The number of nitrogens with one attached hydrogen (secondary N) is 1. The molecule has 21 heavy (non-hydrogen) atoms. The van der Waals surface area contributed by atoms with Crippen LogP contribution in [0.3, 0.4) is 0 Å². The monoisotopic (exact) mass is 291 g/mol. The fraction of sp³-hybridized carbons (Fsp3) is 0.529. The molecule has 0 aromatic heterocycles. The normalized spacial score (nSPS) is 10.4. The van der Waals surface area contributed by atoms with Crippen molar-refractivity contribution in [3.63, 3.8) is 0 Å². The Morgan fingerprint density at radius 1 is 1.05 bits per heavy atom. The summed E-state index contributed by atoms with van der Waals surface area (Å²) in [6, 6.07) is 8.04. The fourth-order valence-corrected chi connectivity index (χ4v) is 1.92. The Morgan fingerprint density at radius 2 is 1.67 bits per heavy atom. The Hall–Kier alpha value is -1.68. The van der Waals surface area contributed by atoms with Gasteiger partial charge in [0.25, 0.3) is 0 Å². The minimum atomic E-state index is 0.0388. The number of benzene rings is 1. The second-order valence-corrected chi connectivity index (χ2v) is 5.14. The van der Waals surface area contributed by atoms with Crippen LogP contribution >= 0.6 is 0 Å². The Morgan fingerprint density at radius 3 is 2.29 bits per heavy atom. The molecule has 0 unspecified atom stereocenters. The number of unbranched alkanes of at least 4 members (excludes halogenated alkanes) is 1. The van der Waals surface area contributed by atoms with Crippen molar-refractivity contribution in [3.05, 3.63) is 35.4 Å². The molecule has 0 aliphatic rings. The lowest BCUT2D eigenvalue weighted by Gasteiger charge is -2.07. The summed E-state index contributed by atoms with van der Waals surface area (Å²) in [5.74, 6) is 0.222. The van der Waals surface area contributed by atoms with E-state index in [9.17, 15) is 9.59 Å². The summed E-state index contributed by atoms with van der Waals surface area (Å²) in [7, 11) is 0. The molecule has 0 radical (unpaired) electrons. The van der Waals surface area contributed by atoms with E-state index in [0.29, 0.717) is 32.6 Å². The zero-order chi connectivity index (χ0) is 15.5. The lowest BCUT2D eigenvalue weighted by Crippen LogP contribution is -2.22. The number of carbonyl (C=O) groups is 2. The molecule has 1 N–H and O–H groups in total. The summed E-state index contributed by atoms with van der Waals surface area (Å²) in [6.07, 6.45) is 2.60. The summed E-state index contributed by atoms with van der Waals surface area (Å²) >= 11 is 0. The van der Waals surface area contributed by atoms with E-state index < -0.39 is 0 Å². The topological polar surface area (TPSA) is 55.4 Å². The van der Waals surface area contributed by atoms with Crippen molar-refractivity contribution in [2.45, 2.75) is 52.7 Å². The second kappa shape index (κ2) is 10.1. The van der Waals surface area contributed by atoms with Crippen LogP contribution in [0.2, 0.25) is 0 Å². The van der Waals surface area contributed by atoms with Crippen molar-refractivity contribution in [2.24, 2.45) is 0 Å². The van der Waals surface area contributed by atoms with Gasteiger partial charge < -0.3 is 14.8 Å². The SMILES string of the molecule is CCOCc1ccc(CNC(=O)CCCCC(C)=O)cc1. The number of ketones is 1. The molecule has 116 valence electrons. The van der Waals surface area contributed by atoms with Crippen LogP contribution in [0.25, 0.3) is 0 Å². The fourth-order valence-electron chi connectivity index (χ4n) is 1.92. The van der Waals surface area contributed by atoms with Gasteiger partial charge in [0.1, 0.15) is 5.78 Å². The van der Waals surface area contributed by atoms with Gasteiger partial charge in [-0.15, -0.1) is 0 Å². The van der Waals surface area contributed by atoms with Crippen LogP contribution in [0.15, 0.2) is 24.3 Å². The summed E-state index contributed by atoms with van der Waals surface area (Å²) < 4.78 is 5.34. The molecule has 1 rings (SSSR count). The first-order chi connectivity index (χ1) is 10.1. The summed E-state index contributed by atoms with van der Waals surface area (Å²) in [6.45, 7) is 5.43. The number of rotatable bonds is 10. The van der Waals surface area contributed by atoms with Crippen LogP contribution in [0.1, 0.15) is 50.7 Å². The van der Waals surface area contributed by atoms with Crippen LogP contribution in [0, 0.1) is 0 Å². The molecule has 0 aliphatic carbocycles. The quantitative estimate of drug-likeness (QED) is 0.674. The predicted octanol–water partition coefficient (Wildman–Crippen LogP) is 2.99. The van der Waals surface area contributed by atoms with Crippen molar-refractivity contribution in [1.29, 1.82) is 0 Å². The largest absolute Gasteiger partial charge is 0.377 e. The second-order valence-electron chi connectivity index (χ2n) is 5.14. The maximum atomic E-state index is 11.7. The van der Waals surface area contributed by atoms with E-state index in [-0.39, 0.29) is 11.7 Å². The third kappa shape index (κ3) is 8.25. The highest BCUT2D eigenvalue weighted by atomic mass is 16.5. The summed E-state index contributed by atoms with van der Waals surface area (Å²) in [5.41, 5.74) is 2.21. The Kier molecular flexibility index (Phi) is 8.36. The van der Waals surface area contributed by atoms with Crippen molar-refractivity contribution in [1.82, 2.24) is 5.32 Å². The Labute approximate surface area is 126 Å². The number of hydrogen-bond acceptors (Lipinski definition) is 3. The predicted molar refractivity (Wildman–Crippen MR) is 82.8 cm³/mol. The summed E-state index contributed by atoms with van der Waals surface area (Å²) in [5, 5.41) is 2.89. The van der Waals surface area contributed by atoms with E-state index in [1.807, 2.05) is 31.2 Å². The van der Waals surface area contributed by atoms with Gasteiger partial charge in [0, 0.05) is 26.0 Å². The highest BCUT2D eigenvalue weighted by Crippen LogP contribution is 2.06. The van der Waals surface area contributed by atoms with Crippen molar-refractivity contribution in [3.8, 4) is 0 Å². The van der Waals surface area contributed by atoms with Crippen LogP contribution < -0.4 is 5.32 Å². The first-order valence-electron chi connectivity index (χ1n) is 7.53. The van der Waals surface area contributed by atoms with Crippen molar-refractivity contribution in [2.75, 3.05) is 6.61 Å². The molecular formula is C17H25NO3. The lowest BCUT2D eigenvalue weighted by atomic mass is 10.1. The van der Waals surface area contributed by atoms with Crippen molar-refractivity contribution < 1.29 is 14.3 Å². The van der Waals surface area contributed by atoms with Gasteiger partial charge in [-0.05, 0) is 37.8 Å². The average Bonchev–Trinajstić information content (AvgIpc) is 2.48. The van der Waals surface area contributed by atoms with E-state index in [1.165, 1.54) is 0 Å². The Bertz CT molecular complexity index is 440.